The summed E-state index contributed by atoms with van der Waals surface area (Å²) in [6, 6.07) is 11.2. The molecule has 0 N–H and O–H groups in total. The van der Waals surface area contributed by atoms with Gasteiger partial charge in [-0.1, -0.05) is 12.1 Å². The summed E-state index contributed by atoms with van der Waals surface area (Å²) in [5.41, 5.74) is 1.57. The molecule has 3 rings (SSSR count). The highest BCUT2D eigenvalue weighted by atomic mass is 127. The highest BCUT2D eigenvalue weighted by Crippen LogP contribution is 2.38. The number of methoxy groups -OCH3 is 1. The van der Waals surface area contributed by atoms with Crippen LogP contribution < -0.4 is 9.47 Å². The van der Waals surface area contributed by atoms with E-state index in [0.717, 1.165) is 20.9 Å². The first-order chi connectivity index (χ1) is 15.3. The summed E-state index contributed by atoms with van der Waals surface area (Å²) in [5, 5.41) is -0.308. The zero-order valence-electron chi connectivity index (χ0n) is 17.2. The van der Waals surface area contributed by atoms with E-state index >= 15 is 0 Å². The summed E-state index contributed by atoms with van der Waals surface area (Å²) < 4.78 is 17.6. The molecule has 0 bridgehead atoms. The molecular formula is C22H19I2NO6S. The fourth-order valence-corrected chi connectivity index (χ4v) is 4.80. The van der Waals surface area contributed by atoms with Gasteiger partial charge in [-0.15, -0.1) is 0 Å². The van der Waals surface area contributed by atoms with Crippen molar-refractivity contribution in [2.75, 3.05) is 20.3 Å². The second kappa shape index (κ2) is 11.4. The fourth-order valence-electron chi connectivity index (χ4n) is 2.82. The molecule has 0 spiro atoms. The number of carbonyl (C=O) groups is 3. The molecule has 1 heterocycles. The molecule has 0 unspecified atom stereocenters. The highest BCUT2D eigenvalue weighted by Gasteiger charge is 2.35. The minimum Gasteiger partial charge on any atom is -0.490 e. The van der Waals surface area contributed by atoms with Gasteiger partial charge in [-0.05, 0) is 105 Å². The third-order valence-corrected chi connectivity index (χ3v) is 6.75. The van der Waals surface area contributed by atoms with Crippen LogP contribution in [-0.2, 0) is 20.9 Å². The molecule has 2 aromatic carbocycles. The predicted molar refractivity (Wildman–Crippen MR) is 139 cm³/mol. The van der Waals surface area contributed by atoms with E-state index in [1.165, 1.54) is 12.0 Å². The summed E-state index contributed by atoms with van der Waals surface area (Å²) in [7, 11) is 1.29. The van der Waals surface area contributed by atoms with E-state index in [0.29, 0.717) is 32.1 Å². The lowest BCUT2D eigenvalue weighted by Crippen LogP contribution is -2.27. The quantitative estimate of drug-likeness (QED) is 0.219. The number of rotatable bonds is 8. The summed E-state index contributed by atoms with van der Waals surface area (Å²) in [5.74, 6) is 0.0150. The van der Waals surface area contributed by atoms with E-state index < -0.39 is 5.97 Å². The van der Waals surface area contributed by atoms with Crippen LogP contribution >= 0.6 is 56.9 Å². The van der Waals surface area contributed by atoms with Gasteiger partial charge >= 0.3 is 5.97 Å². The Morgan fingerprint density at radius 1 is 1.12 bits per heavy atom. The summed E-state index contributed by atoms with van der Waals surface area (Å²) in [6.45, 7) is 2.20. The monoisotopic (exact) mass is 679 g/mol. The smallest absolute Gasteiger partial charge is 0.343 e. The number of hydrogen-bond acceptors (Lipinski definition) is 7. The Kier molecular flexibility index (Phi) is 8.82. The number of carbonyl (C=O) groups excluding carboxylic acids is 3. The third-order valence-electron chi connectivity index (χ3n) is 4.32. The highest BCUT2D eigenvalue weighted by molar-refractivity contribution is 14.1. The van der Waals surface area contributed by atoms with Gasteiger partial charge in [0.1, 0.15) is 0 Å². The SMILES string of the molecule is CCOc1cc(/C=C2/SC(=O)N(Cc3ccc(I)cc3)C2=O)cc(I)c1OCC(=O)OC. The van der Waals surface area contributed by atoms with E-state index in [4.69, 9.17) is 9.47 Å². The molecule has 0 saturated carbocycles. The molecule has 1 fully saturated rings. The van der Waals surface area contributed by atoms with Crippen molar-refractivity contribution in [3.05, 3.63) is 59.6 Å². The maximum atomic E-state index is 12.9. The Morgan fingerprint density at radius 3 is 2.50 bits per heavy atom. The average molecular weight is 679 g/mol. The van der Waals surface area contributed by atoms with Crippen molar-refractivity contribution >= 4 is 80.1 Å². The van der Waals surface area contributed by atoms with Gasteiger partial charge in [0.25, 0.3) is 11.1 Å². The Labute approximate surface area is 217 Å². The molecule has 168 valence electrons. The number of thioether (sulfide) groups is 1. The number of benzene rings is 2. The summed E-state index contributed by atoms with van der Waals surface area (Å²) in [4.78, 5) is 38.3. The Balaban J connectivity index is 1.83. The van der Waals surface area contributed by atoms with Crippen LogP contribution in [0.4, 0.5) is 4.79 Å². The van der Waals surface area contributed by atoms with Crippen molar-refractivity contribution in [1.82, 2.24) is 4.90 Å². The van der Waals surface area contributed by atoms with E-state index in [2.05, 4.69) is 49.9 Å². The Hall–Kier alpha value is -1.80. The van der Waals surface area contributed by atoms with Crippen LogP contribution in [0.25, 0.3) is 6.08 Å². The van der Waals surface area contributed by atoms with Gasteiger partial charge < -0.3 is 14.2 Å². The van der Waals surface area contributed by atoms with Crippen LogP contribution in [-0.4, -0.2) is 42.3 Å². The third kappa shape index (κ3) is 6.16. The number of esters is 1. The van der Waals surface area contributed by atoms with Crippen molar-refractivity contribution in [3.63, 3.8) is 0 Å². The maximum absolute atomic E-state index is 12.9. The van der Waals surface area contributed by atoms with Crippen LogP contribution in [0.5, 0.6) is 11.5 Å². The first-order valence-electron chi connectivity index (χ1n) is 9.48. The fraction of sp³-hybridized carbons (Fsp3) is 0.227. The number of ether oxygens (including phenoxy) is 3. The normalized spacial score (nSPS) is 14.8. The molecular weight excluding hydrogens is 660 g/mol. The number of amides is 2. The standard InChI is InChI=1S/C22H19I2NO6S/c1-3-30-17-9-14(8-16(24)20(17)31-12-19(26)29-2)10-18-21(27)25(22(28)32-18)11-13-4-6-15(23)7-5-13/h4-10H,3,11-12H2,1-2H3/b18-10+. The van der Waals surface area contributed by atoms with E-state index in [1.54, 1.807) is 18.2 Å². The molecule has 32 heavy (non-hydrogen) atoms. The second-order valence-corrected chi connectivity index (χ2v) is 9.92. The lowest BCUT2D eigenvalue weighted by Gasteiger charge is -2.14. The molecule has 0 atom stereocenters. The number of imide groups is 1. The zero-order chi connectivity index (χ0) is 23.3. The summed E-state index contributed by atoms with van der Waals surface area (Å²) >= 11 is 5.18. The van der Waals surface area contributed by atoms with Crippen molar-refractivity contribution in [2.24, 2.45) is 0 Å². The van der Waals surface area contributed by atoms with Gasteiger partial charge in [0.05, 0.1) is 28.7 Å². The minimum atomic E-state index is -0.505. The molecule has 1 saturated heterocycles. The van der Waals surface area contributed by atoms with Crippen LogP contribution in [0, 0.1) is 7.14 Å². The molecule has 7 nitrogen and oxygen atoms in total. The van der Waals surface area contributed by atoms with Gasteiger partial charge in [-0.25, -0.2) is 4.79 Å². The second-order valence-electron chi connectivity index (χ2n) is 6.52. The Morgan fingerprint density at radius 2 is 1.84 bits per heavy atom. The lowest BCUT2D eigenvalue weighted by atomic mass is 10.1. The minimum absolute atomic E-state index is 0.223. The van der Waals surface area contributed by atoms with Gasteiger partial charge in [-0.2, -0.15) is 0 Å². The van der Waals surface area contributed by atoms with Gasteiger partial charge in [-0.3, -0.25) is 14.5 Å². The lowest BCUT2D eigenvalue weighted by molar-refractivity contribution is -0.143. The van der Waals surface area contributed by atoms with Crippen LogP contribution in [0.3, 0.4) is 0 Å². The largest absolute Gasteiger partial charge is 0.490 e. The molecule has 10 heteroatoms. The molecule has 0 aromatic heterocycles. The molecule has 0 radical (unpaired) electrons. The average Bonchev–Trinajstić information content (AvgIpc) is 3.02. The van der Waals surface area contributed by atoms with Gasteiger partial charge in [0, 0.05) is 3.57 Å². The number of hydrogen-bond donors (Lipinski definition) is 0. The Bertz CT molecular complexity index is 1070. The summed E-state index contributed by atoms with van der Waals surface area (Å²) in [6.07, 6.45) is 1.66. The molecule has 2 aromatic rings. The van der Waals surface area contributed by atoms with E-state index in [9.17, 15) is 14.4 Å². The van der Waals surface area contributed by atoms with Gasteiger partial charge in [0.2, 0.25) is 0 Å². The molecule has 1 aliphatic heterocycles. The van der Waals surface area contributed by atoms with Crippen molar-refractivity contribution < 1.29 is 28.6 Å². The molecule has 0 aliphatic carbocycles. The van der Waals surface area contributed by atoms with Crippen molar-refractivity contribution in [1.29, 1.82) is 0 Å². The maximum Gasteiger partial charge on any atom is 0.343 e. The first kappa shape index (κ1) is 24.8. The predicted octanol–water partition coefficient (Wildman–Crippen LogP) is 5.08. The van der Waals surface area contributed by atoms with Gasteiger partial charge in [0.15, 0.2) is 18.1 Å². The van der Waals surface area contributed by atoms with E-state index in [-0.39, 0.29) is 24.3 Å². The van der Waals surface area contributed by atoms with Crippen LogP contribution in [0.1, 0.15) is 18.1 Å². The molecule has 1 aliphatic rings. The van der Waals surface area contributed by atoms with Crippen molar-refractivity contribution in [2.45, 2.75) is 13.5 Å². The number of halogens is 2. The number of nitrogens with zero attached hydrogens (tertiary/aromatic N) is 1. The molecule has 2 amide bonds. The van der Waals surface area contributed by atoms with Crippen LogP contribution in [0.15, 0.2) is 41.3 Å². The van der Waals surface area contributed by atoms with Crippen molar-refractivity contribution in [3.8, 4) is 11.5 Å². The topological polar surface area (TPSA) is 82.1 Å². The first-order valence-corrected chi connectivity index (χ1v) is 12.5. The zero-order valence-corrected chi connectivity index (χ0v) is 22.4. The van der Waals surface area contributed by atoms with Crippen LogP contribution in [0.2, 0.25) is 0 Å². The van der Waals surface area contributed by atoms with E-state index in [1.807, 2.05) is 31.2 Å².